The normalized spacial score (nSPS) is 17.8. The third-order valence-electron chi connectivity index (χ3n) is 3.84. The average Bonchev–Trinajstić information content (AvgIpc) is 2.58. The van der Waals surface area contributed by atoms with Gasteiger partial charge in [-0.05, 0) is 31.4 Å². The van der Waals surface area contributed by atoms with E-state index in [0.717, 1.165) is 37.3 Å². The van der Waals surface area contributed by atoms with Crippen LogP contribution in [0.2, 0.25) is 0 Å². The second kappa shape index (κ2) is 6.68. The first-order chi connectivity index (χ1) is 11.1. The molecular weight excluding hydrogens is 297 g/mol. The molecule has 0 aromatic carbocycles. The SMILES string of the molecule is Cc1ccc(NC(=O)C2CCCN(c3ncc(F)cn3)C2)nc1. The molecule has 7 heteroatoms. The summed E-state index contributed by atoms with van der Waals surface area (Å²) in [5.74, 6) is 0.312. The van der Waals surface area contributed by atoms with Crippen molar-refractivity contribution in [2.75, 3.05) is 23.3 Å². The Morgan fingerprint density at radius 2 is 2.04 bits per heavy atom. The van der Waals surface area contributed by atoms with Gasteiger partial charge in [0.1, 0.15) is 5.82 Å². The number of pyridine rings is 1. The molecule has 2 aromatic heterocycles. The van der Waals surface area contributed by atoms with Crippen molar-refractivity contribution in [3.05, 3.63) is 42.1 Å². The maximum Gasteiger partial charge on any atom is 0.230 e. The van der Waals surface area contributed by atoms with E-state index in [0.29, 0.717) is 18.3 Å². The van der Waals surface area contributed by atoms with Gasteiger partial charge in [-0.15, -0.1) is 0 Å². The van der Waals surface area contributed by atoms with Gasteiger partial charge in [0, 0.05) is 19.3 Å². The molecule has 0 bridgehead atoms. The molecule has 6 nitrogen and oxygen atoms in total. The van der Waals surface area contributed by atoms with Crippen LogP contribution in [0.25, 0.3) is 0 Å². The number of amides is 1. The van der Waals surface area contributed by atoms with Crippen LogP contribution < -0.4 is 10.2 Å². The van der Waals surface area contributed by atoms with E-state index in [1.54, 1.807) is 12.3 Å². The molecule has 0 spiro atoms. The Labute approximate surface area is 133 Å². The highest BCUT2D eigenvalue weighted by atomic mass is 19.1. The summed E-state index contributed by atoms with van der Waals surface area (Å²) in [5, 5.41) is 2.84. The van der Waals surface area contributed by atoms with Crippen molar-refractivity contribution < 1.29 is 9.18 Å². The van der Waals surface area contributed by atoms with Gasteiger partial charge < -0.3 is 10.2 Å². The third kappa shape index (κ3) is 3.80. The predicted molar refractivity (Wildman–Crippen MR) is 84.5 cm³/mol. The Kier molecular flexibility index (Phi) is 4.45. The lowest BCUT2D eigenvalue weighted by Crippen LogP contribution is -2.41. The van der Waals surface area contributed by atoms with Crippen LogP contribution in [0.5, 0.6) is 0 Å². The monoisotopic (exact) mass is 315 g/mol. The van der Waals surface area contributed by atoms with E-state index >= 15 is 0 Å². The summed E-state index contributed by atoms with van der Waals surface area (Å²) in [4.78, 5) is 26.5. The van der Waals surface area contributed by atoms with Gasteiger partial charge in [0.2, 0.25) is 11.9 Å². The molecule has 1 atom stereocenters. The van der Waals surface area contributed by atoms with Crippen LogP contribution in [0.3, 0.4) is 0 Å². The molecule has 1 aliphatic rings. The zero-order valence-electron chi connectivity index (χ0n) is 12.9. The summed E-state index contributed by atoms with van der Waals surface area (Å²) in [6.07, 6.45) is 5.66. The Morgan fingerprint density at radius 1 is 1.26 bits per heavy atom. The summed E-state index contributed by atoms with van der Waals surface area (Å²) in [5.41, 5.74) is 1.04. The number of carbonyl (C=O) groups is 1. The molecule has 1 aliphatic heterocycles. The number of hydrogen-bond donors (Lipinski definition) is 1. The fraction of sp³-hybridized carbons (Fsp3) is 0.375. The standard InChI is InChI=1S/C16H18FN5O/c1-11-4-5-14(18-7-11)21-15(23)12-3-2-6-22(10-12)16-19-8-13(17)9-20-16/h4-5,7-9,12H,2-3,6,10H2,1H3,(H,18,21,23). The molecular formula is C16H18FN5O. The first kappa shape index (κ1) is 15.3. The van der Waals surface area contributed by atoms with Crippen molar-refractivity contribution in [3.8, 4) is 0 Å². The highest BCUT2D eigenvalue weighted by Gasteiger charge is 2.27. The fourth-order valence-electron chi connectivity index (χ4n) is 2.61. The summed E-state index contributed by atoms with van der Waals surface area (Å²) < 4.78 is 12.9. The van der Waals surface area contributed by atoms with E-state index < -0.39 is 5.82 Å². The smallest absolute Gasteiger partial charge is 0.230 e. The lowest BCUT2D eigenvalue weighted by Gasteiger charge is -2.31. The lowest BCUT2D eigenvalue weighted by atomic mass is 9.97. The Bertz CT molecular complexity index is 674. The highest BCUT2D eigenvalue weighted by Crippen LogP contribution is 2.21. The average molecular weight is 315 g/mol. The first-order valence-corrected chi connectivity index (χ1v) is 7.58. The molecule has 1 amide bonds. The first-order valence-electron chi connectivity index (χ1n) is 7.58. The number of aryl methyl sites for hydroxylation is 1. The molecule has 1 N–H and O–H groups in total. The van der Waals surface area contributed by atoms with Crippen molar-refractivity contribution in [1.29, 1.82) is 0 Å². The summed E-state index contributed by atoms with van der Waals surface area (Å²) in [7, 11) is 0. The number of aromatic nitrogens is 3. The number of hydrogen-bond acceptors (Lipinski definition) is 5. The van der Waals surface area contributed by atoms with E-state index in [9.17, 15) is 9.18 Å². The van der Waals surface area contributed by atoms with Gasteiger partial charge in [0.15, 0.2) is 5.82 Å². The van der Waals surface area contributed by atoms with E-state index in [4.69, 9.17) is 0 Å². The number of nitrogens with one attached hydrogen (secondary N) is 1. The molecule has 3 heterocycles. The van der Waals surface area contributed by atoms with Crippen LogP contribution in [-0.2, 0) is 4.79 Å². The van der Waals surface area contributed by atoms with E-state index in [1.165, 1.54) is 0 Å². The fourth-order valence-corrected chi connectivity index (χ4v) is 2.61. The molecule has 120 valence electrons. The largest absolute Gasteiger partial charge is 0.340 e. The third-order valence-corrected chi connectivity index (χ3v) is 3.84. The van der Waals surface area contributed by atoms with Crippen molar-refractivity contribution in [2.24, 2.45) is 5.92 Å². The topological polar surface area (TPSA) is 71.0 Å². The number of rotatable bonds is 3. The Hall–Kier alpha value is -2.57. The van der Waals surface area contributed by atoms with Crippen molar-refractivity contribution in [1.82, 2.24) is 15.0 Å². The van der Waals surface area contributed by atoms with E-state index in [1.807, 2.05) is 17.9 Å². The van der Waals surface area contributed by atoms with Gasteiger partial charge in [-0.25, -0.2) is 19.3 Å². The molecule has 0 aliphatic carbocycles. The van der Waals surface area contributed by atoms with Crippen LogP contribution in [0.1, 0.15) is 18.4 Å². The quantitative estimate of drug-likeness (QED) is 0.940. The molecule has 1 saturated heterocycles. The number of anilines is 2. The minimum absolute atomic E-state index is 0.0619. The van der Waals surface area contributed by atoms with E-state index in [-0.39, 0.29) is 11.8 Å². The molecule has 1 unspecified atom stereocenters. The van der Waals surface area contributed by atoms with Gasteiger partial charge in [0.05, 0.1) is 18.3 Å². The zero-order chi connectivity index (χ0) is 16.2. The molecule has 2 aromatic rings. The van der Waals surface area contributed by atoms with Gasteiger partial charge >= 0.3 is 0 Å². The summed E-state index contributed by atoms with van der Waals surface area (Å²) in [6, 6.07) is 3.69. The maximum absolute atomic E-state index is 12.9. The zero-order valence-corrected chi connectivity index (χ0v) is 12.9. The molecule has 23 heavy (non-hydrogen) atoms. The number of nitrogens with zero attached hydrogens (tertiary/aromatic N) is 4. The lowest BCUT2D eigenvalue weighted by molar-refractivity contribution is -0.120. The summed E-state index contributed by atoms with van der Waals surface area (Å²) >= 11 is 0. The Morgan fingerprint density at radius 3 is 2.74 bits per heavy atom. The minimum Gasteiger partial charge on any atom is -0.340 e. The van der Waals surface area contributed by atoms with Crippen molar-refractivity contribution >= 4 is 17.7 Å². The second-order valence-corrected chi connectivity index (χ2v) is 5.70. The van der Waals surface area contributed by atoms with Gasteiger partial charge in [-0.2, -0.15) is 0 Å². The van der Waals surface area contributed by atoms with Crippen LogP contribution in [-0.4, -0.2) is 33.9 Å². The minimum atomic E-state index is -0.467. The molecule has 1 fully saturated rings. The predicted octanol–water partition coefficient (Wildman–Crippen LogP) is 2.17. The number of piperidine rings is 1. The molecule has 0 saturated carbocycles. The molecule has 3 rings (SSSR count). The number of halogens is 1. The van der Waals surface area contributed by atoms with Gasteiger partial charge in [0.25, 0.3) is 0 Å². The maximum atomic E-state index is 12.9. The van der Waals surface area contributed by atoms with Crippen LogP contribution >= 0.6 is 0 Å². The number of carbonyl (C=O) groups excluding carboxylic acids is 1. The van der Waals surface area contributed by atoms with E-state index in [2.05, 4.69) is 20.3 Å². The van der Waals surface area contributed by atoms with Gasteiger partial charge in [-0.3, -0.25) is 4.79 Å². The summed E-state index contributed by atoms with van der Waals surface area (Å²) in [6.45, 7) is 3.22. The van der Waals surface area contributed by atoms with Crippen molar-refractivity contribution in [2.45, 2.75) is 19.8 Å². The van der Waals surface area contributed by atoms with Crippen LogP contribution in [0, 0.1) is 18.7 Å². The van der Waals surface area contributed by atoms with Gasteiger partial charge in [-0.1, -0.05) is 6.07 Å². The van der Waals surface area contributed by atoms with Crippen LogP contribution in [0.4, 0.5) is 16.2 Å². The molecule has 0 radical (unpaired) electrons. The van der Waals surface area contributed by atoms with Crippen molar-refractivity contribution in [3.63, 3.8) is 0 Å². The van der Waals surface area contributed by atoms with Crippen LogP contribution in [0.15, 0.2) is 30.7 Å². The highest BCUT2D eigenvalue weighted by molar-refractivity contribution is 5.92. The second-order valence-electron chi connectivity index (χ2n) is 5.70. The Balaban J connectivity index is 1.64.